The molecule has 2 heterocycles. The smallest absolute Gasteiger partial charge is 0.0166 e. The molecule has 1 radical (unpaired) electrons. The number of nitrogens with zero attached hydrogens (tertiary/aromatic N) is 2. The van der Waals surface area contributed by atoms with E-state index in [4.69, 9.17) is 4.98 Å². The molecule has 0 saturated carbocycles. The maximum Gasteiger partial charge on any atom is 0.0166 e. The van der Waals surface area contributed by atoms with Crippen LogP contribution < -0.4 is 0 Å². The first-order valence-electron chi connectivity index (χ1n) is 16.8. The van der Waals surface area contributed by atoms with Gasteiger partial charge in [0.05, 0.1) is 0 Å². The Kier molecular flexibility index (Phi) is 11.1. The zero-order valence-electron chi connectivity index (χ0n) is 29.3. The van der Waals surface area contributed by atoms with Gasteiger partial charge in [0.25, 0.3) is 0 Å². The largest absolute Gasteiger partial charge is 0.305 e. The van der Waals surface area contributed by atoms with Gasteiger partial charge >= 0.3 is 0 Å². The van der Waals surface area contributed by atoms with Crippen molar-refractivity contribution in [1.29, 1.82) is 0 Å². The molecule has 2 aromatic heterocycles. The molecule has 0 saturated heterocycles. The maximum atomic E-state index is 4.78. The van der Waals surface area contributed by atoms with E-state index in [9.17, 15) is 0 Å². The molecule has 0 atom stereocenters. The average molecular weight is 813 g/mol. The minimum atomic E-state index is 0. The molecule has 5 aromatic rings. The van der Waals surface area contributed by atoms with Crippen LogP contribution in [0.4, 0.5) is 0 Å². The van der Waals surface area contributed by atoms with Crippen LogP contribution in [0.5, 0.6) is 0 Å². The standard InChI is InChI=1S/C33H40N.C11H8N.CH4.Ir/c1-30(2)14-16-32(5,6)27-19-22(9-11-25(27)30)23-13-18-34-29(21-23)24-10-12-26-28(20-24)33(7,8)17-15-31(26,3)4;1-2-6-10(7-3-1)11-8-4-5-9-12-11;;/h9,11-13,18-21H,14-17H2,1-8H3;1-6,8-9H;1H4;/q2*-1;;. The number of aromatic nitrogens is 2. The molecule has 0 unspecified atom stereocenters. The van der Waals surface area contributed by atoms with Crippen LogP contribution >= 0.6 is 0 Å². The molecule has 3 heteroatoms. The van der Waals surface area contributed by atoms with Crippen molar-refractivity contribution in [2.24, 2.45) is 0 Å². The Morgan fingerprint density at radius 1 is 0.500 bits per heavy atom. The van der Waals surface area contributed by atoms with E-state index in [1.165, 1.54) is 59.1 Å². The minimum absolute atomic E-state index is 0. The fraction of sp³-hybridized carbons (Fsp3) is 0.378. The molecule has 0 spiro atoms. The van der Waals surface area contributed by atoms with Crippen LogP contribution in [0, 0.1) is 12.1 Å². The van der Waals surface area contributed by atoms with Gasteiger partial charge in [0.15, 0.2) is 0 Å². The third-order valence-corrected chi connectivity index (χ3v) is 10.7. The van der Waals surface area contributed by atoms with Crippen molar-refractivity contribution in [2.45, 2.75) is 110 Å². The topological polar surface area (TPSA) is 25.8 Å². The van der Waals surface area contributed by atoms with Crippen LogP contribution in [-0.2, 0) is 41.8 Å². The van der Waals surface area contributed by atoms with Gasteiger partial charge in [-0.1, -0.05) is 106 Å². The molecule has 2 aliphatic carbocycles. The van der Waals surface area contributed by atoms with Crippen LogP contribution in [0.1, 0.15) is 111 Å². The predicted octanol–water partition coefficient (Wildman–Crippen LogP) is 12.1. The molecule has 3 aromatic carbocycles. The van der Waals surface area contributed by atoms with Crippen LogP contribution in [0.2, 0.25) is 0 Å². The number of hydrogen-bond acceptors (Lipinski definition) is 2. The summed E-state index contributed by atoms with van der Waals surface area (Å²) in [5.41, 5.74) is 13.4. The number of rotatable bonds is 3. The number of hydrogen-bond donors (Lipinski definition) is 0. The van der Waals surface area contributed by atoms with Gasteiger partial charge in [0, 0.05) is 32.5 Å². The summed E-state index contributed by atoms with van der Waals surface area (Å²) in [6.45, 7) is 19.1. The van der Waals surface area contributed by atoms with E-state index in [1.807, 2.05) is 48.7 Å². The molecule has 2 nitrogen and oxygen atoms in total. The second-order valence-electron chi connectivity index (χ2n) is 15.9. The summed E-state index contributed by atoms with van der Waals surface area (Å²) in [6, 6.07) is 36.5. The van der Waals surface area contributed by atoms with Crippen molar-refractivity contribution >= 4 is 0 Å². The van der Waals surface area contributed by atoms with Crippen LogP contribution in [0.25, 0.3) is 33.6 Å². The van der Waals surface area contributed by atoms with Crippen molar-refractivity contribution in [3.05, 3.63) is 132 Å². The van der Waals surface area contributed by atoms with E-state index >= 15 is 0 Å². The molecule has 0 bridgehead atoms. The molecule has 7 rings (SSSR count). The van der Waals surface area contributed by atoms with E-state index in [-0.39, 0.29) is 49.2 Å². The second kappa shape index (κ2) is 14.2. The van der Waals surface area contributed by atoms with E-state index in [0.29, 0.717) is 0 Å². The van der Waals surface area contributed by atoms with E-state index in [1.54, 1.807) is 6.20 Å². The van der Waals surface area contributed by atoms with Gasteiger partial charge in [-0.05, 0) is 86.7 Å². The van der Waals surface area contributed by atoms with Crippen molar-refractivity contribution in [3.63, 3.8) is 0 Å². The third-order valence-electron chi connectivity index (χ3n) is 10.7. The van der Waals surface area contributed by atoms with E-state index in [0.717, 1.165) is 22.5 Å². The Morgan fingerprint density at radius 2 is 1.08 bits per heavy atom. The first-order chi connectivity index (χ1) is 21.8. The quantitative estimate of drug-likeness (QED) is 0.170. The molecule has 0 fully saturated rings. The summed E-state index contributed by atoms with van der Waals surface area (Å²) >= 11 is 0. The molecule has 0 N–H and O–H groups in total. The van der Waals surface area contributed by atoms with Crippen molar-refractivity contribution in [3.8, 4) is 33.6 Å². The summed E-state index contributed by atoms with van der Waals surface area (Å²) in [5.74, 6) is 0. The number of fused-ring (bicyclic) bond motifs is 2. The zero-order chi connectivity index (χ0) is 32.7. The minimum Gasteiger partial charge on any atom is -0.305 e. The molecule has 2 aliphatic rings. The first-order valence-corrected chi connectivity index (χ1v) is 16.8. The molecule has 0 aliphatic heterocycles. The maximum absolute atomic E-state index is 4.78. The Balaban J connectivity index is 0.000000314. The monoisotopic (exact) mass is 813 g/mol. The van der Waals surface area contributed by atoms with Crippen molar-refractivity contribution in [2.75, 3.05) is 0 Å². The van der Waals surface area contributed by atoms with E-state index < -0.39 is 0 Å². The number of pyridine rings is 2. The average Bonchev–Trinajstić information content (AvgIpc) is 3.06. The Hall–Kier alpha value is -3.39. The van der Waals surface area contributed by atoms with Crippen LogP contribution in [-0.4, -0.2) is 9.97 Å². The third kappa shape index (κ3) is 7.59. The fourth-order valence-electron chi connectivity index (χ4n) is 7.25. The normalized spacial score (nSPS) is 17.6. The van der Waals surface area contributed by atoms with Gasteiger partial charge in [-0.2, -0.15) is 0 Å². The Bertz CT molecular complexity index is 1700. The SMILES string of the molecule is C.CC1(C)CCC(C)(C)c2cc(-c3cc(-c4ccc5c(c4)C(C)(C)CCC5(C)C)ccn3)[c-]cc21.[Ir].[c-]1ccccc1-c1ccccn1. The molecular weight excluding hydrogens is 761 g/mol. The van der Waals surface area contributed by atoms with Crippen molar-refractivity contribution in [1.82, 2.24) is 9.97 Å². The van der Waals surface area contributed by atoms with Crippen molar-refractivity contribution < 1.29 is 20.1 Å². The number of benzene rings is 3. The predicted molar refractivity (Wildman–Crippen MR) is 200 cm³/mol. The van der Waals surface area contributed by atoms with Gasteiger partial charge in [-0.15, -0.1) is 70.8 Å². The first kappa shape index (κ1) is 37.4. The molecular formula is C45H52IrN2-2. The summed E-state index contributed by atoms with van der Waals surface area (Å²) in [6.07, 6.45) is 8.66. The Labute approximate surface area is 304 Å². The fourth-order valence-corrected chi connectivity index (χ4v) is 7.25. The molecule has 0 amide bonds. The molecule has 253 valence electrons. The van der Waals surface area contributed by atoms with E-state index in [2.05, 4.69) is 115 Å². The Morgan fingerprint density at radius 3 is 1.71 bits per heavy atom. The summed E-state index contributed by atoms with van der Waals surface area (Å²) in [5, 5.41) is 0. The zero-order valence-corrected chi connectivity index (χ0v) is 31.7. The van der Waals surface area contributed by atoms with Gasteiger partial charge in [-0.25, -0.2) is 0 Å². The summed E-state index contributed by atoms with van der Waals surface area (Å²) in [4.78, 5) is 8.99. The van der Waals surface area contributed by atoms with Crippen LogP contribution in [0.3, 0.4) is 0 Å². The van der Waals surface area contributed by atoms with Gasteiger partial charge in [0.2, 0.25) is 0 Å². The second-order valence-corrected chi connectivity index (χ2v) is 15.9. The molecule has 48 heavy (non-hydrogen) atoms. The van der Waals surface area contributed by atoms with Gasteiger partial charge in [-0.3, -0.25) is 0 Å². The van der Waals surface area contributed by atoms with Gasteiger partial charge < -0.3 is 9.97 Å². The van der Waals surface area contributed by atoms with Gasteiger partial charge in [0.1, 0.15) is 0 Å². The summed E-state index contributed by atoms with van der Waals surface area (Å²) < 4.78 is 0. The van der Waals surface area contributed by atoms with Crippen LogP contribution in [0.15, 0.2) is 97.3 Å². The summed E-state index contributed by atoms with van der Waals surface area (Å²) in [7, 11) is 0.